The molecule has 0 unspecified atom stereocenters. The summed E-state index contributed by atoms with van der Waals surface area (Å²) in [5.41, 5.74) is 0.283. The van der Waals surface area contributed by atoms with E-state index in [1.165, 1.54) is 6.07 Å². The zero-order chi connectivity index (χ0) is 12.3. The Kier molecular flexibility index (Phi) is 3.39. The van der Waals surface area contributed by atoms with E-state index in [-0.39, 0.29) is 17.0 Å². The summed E-state index contributed by atoms with van der Waals surface area (Å²) in [6, 6.07) is 6.26. The van der Waals surface area contributed by atoms with Crippen molar-refractivity contribution in [3.05, 3.63) is 35.4 Å². The summed E-state index contributed by atoms with van der Waals surface area (Å²) in [5, 5.41) is 9.02. The molecule has 1 fully saturated rings. The second kappa shape index (κ2) is 4.97. The number of rotatable bonds is 2. The van der Waals surface area contributed by atoms with E-state index in [9.17, 15) is 9.59 Å². The van der Waals surface area contributed by atoms with E-state index in [1.807, 2.05) is 0 Å². The first-order chi connectivity index (χ1) is 8.20. The average Bonchev–Trinajstić information content (AvgIpc) is 2.39. The molecule has 1 aliphatic heterocycles. The van der Waals surface area contributed by atoms with Crippen LogP contribution in [0.3, 0.4) is 0 Å². The highest BCUT2D eigenvalue weighted by atomic mass is 16.5. The van der Waals surface area contributed by atoms with Crippen LogP contribution in [0.15, 0.2) is 24.3 Å². The van der Waals surface area contributed by atoms with Crippen LogP contribution in [-0.2, 0) is 4.74 Å². The number of benzene rings is 1. The summed E-state index contributed by atoms with van der Waals surface area (Å²) in [5.74, 6) is -1.33. The second-order valence-corrected chi connectivity index (χ2v) is 3.76. The van der Waals surface area contributed by atoms with Crippen LogP contribution in [0.25, 0.3) is 0 Å². The van der Waals surface area contributed by atoms with Gasteiger partial charge in [-0.2, -0.15) is 0 Å². The molecule has 1 amide bonds. The fourth-order valence-corrected chi connectivity index (χ4v) is 1.79. The predicted molar refractivity (Wildman–Crippen MR) is 60.1 cm³/mol. The molecule has 2 rings (SSSR count). The molecule has 0 radical (unpaired) electrons. The molecule has 1 heterocycles. The highest BCUT2D eigenvalue weighted by Gasteiger charge is 2.22. The smallest absolute Gasteiger partial charge is 0.336 e. The first-order valence-corrected chi connectivity index (χ1v) is 5.39. The lowest BCUT2D eigenvalue weighted by molar-refractivity contribution is 0.0300. The van der Waals surface area contributed by atoms with Gasteiger partial charge in [-0.15, -0.1) is 0 Å². The zero-order valence-corrected chi connectivity index (χ0v) is 9.26. The molecule has 90 valence electrons. The fourth-order valence-electron chi connectivity index (χ4n) is 1.79. The number of amides is 1. The second-order valence-electron chi connectivity index (χ2n) is 3.76. The summed E-state index contributed by atoms with van der Waals surface area (Å²) in [7, 11) is 0. The van der Waals surface area contributed by atoms with Crippen LogP contribution < -0.4 is 0 Å². The monoisotopic (exact) mass is 235 g/mol. The van der Waals surface area contributed by atoms with Gasteiger partial charge < -0.3 is 14.7 Å². The van der Waals surface area contributed by atoms with Gasteiger partial charge >= 0.3 is 5.97 Å². The van der Waals surface area contributed by atoms with Gasteiger partial charge in [0.25, 0.3) is 5.91 Å². The third-order valence-corrected chi connectivity index (χ3v) is 2.69. The molecule has 0 aromatic heterocycles. The van der Waals surface area contributed by atoms with Crippen molar-refractivity contribution in [3.8, 4) is 0 Å². The highest BCUT2D eigenvalue weighted by molar-refractivity contribution is 6.04. The quantitative estimate of drug-likeness (QED) is 0.825. The van der Waals surface area contributed by atoms with E-state index >= 15 is 0 Å². The Hall–Kier alpha value is -1.88. The molecular weight excluding hydrogens is 222 g/mol. The van der Waals surface area contributed by atoms with Gasteiger partial charge in [-0.05, 0) is 12.1 Å². The van der Waals surface area contributed by atoms with Gasteiger partial charge in [-0.1, -0.05) is 12.1 Å². The number of ether oxygens (including phenoxy) is 1. The fraction of sp³-hybridized carbons (Fsp3) is 0.333. The normalized spacial score (nSPS) is 15.6. The van der Waals surface area contributed by atoms with Crippen LogP contribution in [0.1, 0.15) is 20.7 Å². The number of aromatic carboxylic acids is 1. The third kappa shape index (κ3) is 2.45. The minimum Gasteiger partial charge on any atom is -0.478 e. The molecule has 0 aliphatic carbocycles. The Morgan fingerprint density at radius 3 is 2.29 bits per heavy atom. The molecule has 5 heteroatoms. The summed E-state index contributed by atoms with van der Waals surface area (Å²) < 4.78 is 5.15. The van der Waals surface area contributed by atoms with Gasteiger partial charge in [-0.3, -0.25) is 4.79 Å². The van der Waals surface area contributed by atoms with Crippen molar-refractivity contribution >= 4 is 11.9 Å². The van der Waals surface area contributed by atoms with E-state index in [4.69, 9.17) is 9.84 Å². The molecule has 1 N–H and O–H groups in total. The first kappa shape index (κ1) is 11.6. The van der Waals surface area contributed by atoms with Crippen molar-refractivity contribution in [1.29, 1.82) is 0 Å². The van der Waals surface area contributed by atoms with Gasteiger partial charge in [-0.25, -0.2) is 4.79 Å². The topological polar surface area (TPSA) is 66.8 Å². The number of nitrogens with zero attached hydrogens (tertiary/aromatic N) is 1. The van der Waals surface area contributed by atoms with E-state index in [0.29, 0.717) is 26.3 Å². The van der Waals surface area contributed by atoms with Crippen molar-refractivity contribution in [2.75, 3.05) is 26.3 Å². The Morgan fingerprint density at radius 2 is 1.71 bits per heavy atom. The van der Waals surface area contributed by atoms with Crippen LogP contribution in [-0.4, -0.2) is 48.2 Å². The lowest BCUT2D eigenvalue weighted by atomic mass is 10.1. The van der Waals surface area contributed by atoms with Crippen LogP contribution in [0.5, 0.6) is 0 Å². The lowest BCUT2D eigenvalue weighted by Gasteiger charge is -2.27. The largest absolute Gasteiger partial charge is 0.478 e. The number of morpholine rings is 1. The molecule has 17 heavy (non-hydrogen) atoms. The minimum absolute atomic E-state index is 0.0454. The Bertz CT molecular complexity index is 438. The molecule has 5 nitrogen and oxygen atoms in total. The van der Waals surface area contributed by atoms with E-state index in [2.05, 4.69) is 0 Å². The SMILES string of the molecule is O=C(O)c1ccccc1C(=O)N1CCOCC1. The highest BCUT2D eigenvalue weighted by Crippen LogP contribution is 2.13. The number of hydrogen-bond donors (Lipinski definition) is 1. The average molecular weight is 235 g/mol. The molecule has 0 bridgehead atoms. The third-order valence-electron chi connectivity index (χ3n) is 2.69. The summed E-state index contributed by atoms with van der Waals surface area (Å²) >= 11 is 0. The standard InChI is InChI=1S/C12H13NO4/c14-11(13-5-7-17-8-6-13)9-3-1-2-4-10(9)12(15)16/h1-4H,5-8H2,(H,15,16). The Balaban J connectivity index is 2.26. The lowest BCUT2D eigenvalue weighted by Crippen LogP contribution is -2.41. The first-order valence-electron chi connectivity index (χ1n) is 5.39. The van der Waals surface area contributed by atoms with Gasteiger partial charge in [0, 0.05) is 13.1 Å². The zero-order valence-electron chi connectivity index (χ0n) is 9.26. The van der Waals surface area contributed by atoms with Gasteiger partial charge in [0.1, 0.15) is 0 Å². The molecular formula is C12H13NO4. The van der Waals surface area contributed by atoms with Crippen LogP contribution in [0.2, 0.25) is 0 Å². The van der Waals surface area contributed by atoms with Crippen molar-refractivity contribution in [2.45, 2.75) is 0 Å². The van der Waals surface area contributed by atoms with Crippen molar-refractivity contribution in [1.82, 2.24) is 4.90 Å². The molecule has 0 saturated carbocycles. The Labute approximate surface area is 98.6 Å². The molecule has 0 spiro atoms. The summed E-state index contributed by atoms with van der Waals surface area (Å²) in [6.45, 7) is 2.02. The number of carboxylic acid groups (broad SMARTS) is 1. The molecule has 1 aliphatic rings. The van der Waals surface area contributed by atoms with Crippen molar-refractivity contribution in [3.63, 3.8) is 0 Å². The van der Waals surface area contributed by atoms with E-state index < -0.39 is 5.97 Å². The molecule has 1 aromatic rings. The predicted octanol–water partition coefficient (Wildman–Crippen LogP) is 0.857. The molecule has 1 saturated heterocycles. The maximum atomic E-state index is 12.1. The van der Waals surface area contributed by atoms with Crippen LogP contribution in [0, 0.1) is 0 Å². The van der Waals surface area contributed by atoms with Crippen LogP contribution in [0.4, 0.5) is 0 Å². The molecule has 0 atom stereocenters. The van der Waals surface area contributed by atoms with Gasteiger partial charge in [0.05, 0.1) is 24.3 Å². The maximum absolute atomic E-state index is 12.1. The summed E-state index contributed by atoms with van der Waals surface area (Å²) in [4.78, 5) is 24.8. The van der Waals surface area contributed by atoms with Gasteiger partial charge in [0.15, 0.2) is 0 Å². The van der Waals surface area contributed by atoms with E-state index in [0.717, 1.165) is 0 Å². The van der Waals surface area contributed by atoms with Crippen molar-refractivity contribution in [2.24, 2.45) is 0 Å². The summed E-state index contributed by atoms with van der Waals surface area (Å²) in [6.07, 6.45) is 0. The van der Waals surface area contributed by atoms with E-state index in [1.54, 1.807) is 23.1 Å². The Morgan fingerprint density at radius 1 is 1.12 bits per heavy atom. The number of carboxylic acids is 1. The number of carbonyl (C=O) groups excluding carboxylic acids is 1. The van der Waals surface area contributed by atoms with Crippen LogP contribution >= 0.6 is 0 Å². The molecule has 1 aromatic carbocycles. The maximum Gasteiger partial charge on any atom is 0.336 e. The number of hydrogen-bond acceptors (Lipinski definition) is 3. The van der Waals surface area contributed by atoms with Gasteiger partial charge in [0.2, 0.25) is 0 Å². The minimum atomic E-state index is -1.08. The van der Waals surface area contributed by atoms with Crippen molar-refractivity contribution < 1.29 is 19.4 Å². The number of carbonyl (C=O) groups is 2.